The van der Waals surface area contributed by atoms with Gasteiger partial charge in [0.2, 0.25) is 11.8 Å². The van der Waals surface area contributed by atoms with Crippen molar-refractivity contribution in [3.8, 4) is 0 Å². The first-order chi connectivity index (χ1) is 11.0. The standard InChI is InChI=1S/C18H20N2O2S/c1-13-7-9-15(10-8-13)19-17(21)11-23-12-18(22)20-16-6-4-3-5-14(16)2/h3-10H,11-12H2,1-2H3,(H,19,21)(H,20,22). The van der Waals surface area contributed by atoms with Gasteiger partial charge in [0.1, 0.15) is 0 Å². The summed E-state index contributed by atoms with van der Waals surface area (Å²) in [6.07, 6.45) is 0. The average Bonchev–Trinajstić information content (AvgIpc) is 2.52. The zero-order valence-electron chi connectivity index (χ0n) is 13.3. The highest BCUT2D eigenvalue weighted by Crippen LogP contribution is 2.14. The molecular weight excluding hydrogens is 308 g/mol. The number of amides is 2. The Hall–Kier alpha value is -2.27. The SMILES string of the molecule is Cc1ccc(NC(=O)CSCC(=O)Nc2ccccc2C)cc1. The van der Waals surface area contributed by atoms with Crippen molar-refractivity contribution in [3.63, 3.8) is 0 Å². The predicted molar refractivity (Wildman–Crippen MR) is 96.9 cm³/mol. The molecular formula is C18H20N2O2S. The van der Waals surface area contributed by atoms with Gasteiger partial charge in [-0.1, -0.05) is 35.9 Å². The number of rotatable bonds is 6. The number of para-hydroxylation sites is 1. The maximum absolute atomic E-state index is 11.9. The molecule has 0 saturated carbocycles. The maximum atomic E-state index is 11.9. The van der Waals surface area contributed by atoms with Gasteiger partial charge in [0.15, 0.2) is 0 Å². The number of benzene rings is 2. The molecule has 120 valence electrons. The number of thioether (sulfide) groups is 1. The summed E-state index contributed by atoms with van der Waals surface area (Å²) in [7, 11) is 0. The van der Waals surface area contributed by atoms with E-state index >= 15 is 0 Å². The Balaban J connectivity index is 1.72. The van der Waals surface area contributed by atoms with E-state index in [1.165, 1.54) is 11.8 Å². The predicted octanol–water partition coefficient (Wildman–Crippen LogP) is 3.61. The maximum Gasteiger partial charge on any atom is 0.234 e. The van der Waals surface area contributed by atoms with Gasteiger partial charge >= 0.3 is 0 Å². The molecule has 0 fully saturated rings. The lowest BCUT2D eigenvalue weighted by Gasteiger charge is -2.08. The van der Waals surface area contributed by atoms with Crippen LogP contribution >= 0.6 is 11.8 Å². The highest BCUT2D eigenvalue weighted by atomic mass is 32.2. The summed E-state index contributed by atoms with van der Waals surface area (Å²) in [6, 6.07) is 15.2. The lowest BCUT2D eigenvalue weighted by Crippen LogP contribution is -2.18. The lowest BCUT2D eigenvalue weighted by molar-refractivity contribution is -0.114. The first-order valence-electron chi connectivity index (χ1n) is 7.34. The second-order valence-electron chi connectivity index (χ2n) is 5.27. The molecule has 2 amide bonds. The summed E-state index contributed by atoms with van der Waals surface area (Å²) in [6.45, 7) is 3.94. The number of hydrogen-bond donors (Lipinski definition) is 2. The van der Waals surface area contributed by atoms with Crippen molar-refractivity contribution in [2.24, 2.45) is 0 Å². The number of hydrogen-bond acceptors (Lipinski definition) is 3. The molecule has 2 aromatic rings. The summed E-state index contributed by atoms with van der Waals surface area (Å²) in [4.78, 5) is 23.7. The Kier molecular flexibility index (Phi) is 6.23. The Morgan fingerprint density at radius 2 is 1.48 bits per heavy atom. The number of carbonyl (C=O) groups excluding carboxylic acids is 2. The fraction of sp³-hybridized carbons (Fsp3) is 0.222. The van der Waals surface area contributed by atoms with E-state index in [1.807, 2.05) is 62.4 Å². The Bertz CT molecular complexity index is 684. The minimum Gasteiger partial charge on any atom is -0.325 e. The minimum atomic E-state index is -0.109. The smallest absolute Gasteiger partial charge is 0.234 e. The molecule has 0 unspecified atom stereocenters. The van der Waals surface area contributed by atoms with E-state index in [0.717, 1.165) is 22.5 Å². The highest BCUT2D eigenvalue weighted by Gasteiger charge is 2.07. The molecule has 23 heavy (non-hydrogen) atoms. The number of nitrogens with one attached hydrogen (secondary N) is 2. The van der Waals surface area contributed by atoms with Gasteiger partial charge in [0.25, 0.3) is 0 Å². The van der Waals surface area contributed by atoms with Gasteiger partial charge in [0.05, 0.1) is 11.5 Å². The Morgan fingerprint density at radius 3 is 2.13 bits per heavy atom. The molecule has 5 heteroatoms. The van der Waals surface area contributed by atoms with Crippen molar-refractivity contribution < 1.29 is 9.59 Å². The molecule has 0 aliphatic rings. The van der Waals surface area contributed by atoms with Crippen LogP contribution in [0.25, 0.3) is 0 Å². The van der Waals surface area contributed by atoms with Gasteiger partial charge in [-0.05, 0) is 37.6 Å². The summed E-state index contributed by atoms with van der Waals surface area (Å²) in [5, 5.41) is 5.66. The van der Waals surface area contributed by atoms with Crippen LogP contribution < -0.4 is 10.6 Å². The van der Waals surface area contributed by atoms with Gasteiger partial charge in [-0.3, -0.25) is 9.59 Å². The van der Waals surface area contributed by atoms with Crippen LogP contribution in [0.15, 0.2) is 48.5 Å². The quantitative estimate of drug-likeness (QED) is 0.851. The summed E-state index contributed by atoms with van der Waals surface area (Å²) in [5.41, 5.74) is 3.74. The van der Waals surface area contributed by atoms with Gasteiger partial charge in [-0.25, -0.2) is 0 Å². The molecule has 0 aliphatic heterocycles. The third-order valence-corrected chi connectivity index (χ3v) is 4.15. The first-order valence-corrected chi connectivity index (χ1v) is 8.50. The highest BCUT2D eigenvalue weighted by molar-refractivity contribution is 8.00. The van der Waals surface area contributed by atoms with Crippen LogP contribution in [-0.4, -0.2) is 23.3 Å². The fourth-order valence-electron chi connectivity index (χ4n) is 1.97. The van der Waals surface area contributed by atoms with Gasteiger partial charge in [0, 0.05) is 11.4 Å². The van der Waals surface area contributed by atoms with Crippen LogP contribution in [0.1, 0.15) is 11.1 Å². The molecule has 2 N–H and O–H groups in total. The van der Waals surface area contributed by atoms with Crippen LogP contribution in [0.4, 0.5) is 11.4 Å². The molecule has 4 nitrogen and oxygen atoms in total. The van der Waals surface area contributed by atoms with Crippen LogP contribution in [-0.2, 0) is 9.59 Å². The molecule has 0 aromatic heterocycles. The second kappa shape index (κ2) is 8.39. The van der Waals surface area contributed by atoms with Crippen LogP contribution in [0.5, 0.6) is 0 Å². The largest absolute Gasteiger partial charge is 0.325 e. The van der Waals surface area contributed by atoms with Gasteiger partial charge in [-0.2, -0.15) is 0 Å². The van der Waals surface area contributed by atoms with Crippen molar-refractivity contribution in [1.82, 2.24) is 0 Å². The van der Waals surface area contributed by atoms with E-state index in [1.54, 1.807) is 0 Å². The van der Waals surface area contributed by atoms with Crippen LogP contribution in [0.3, 0.4) is 0 Å². The molecule has 2 aromatic carbocycles. The molecule has 0 saturated heterocycles. The van der Waals surface area contributed by atoms with Gasteiger partial charge in [-0.15, -0.1) is 11.8 Å². The third-order valence-electron chi connectivity index (χ3n) is 3.22. The normalized spacial score (nSPS) is 10.2. The van der Waals surface area contributed by atoms with Crippen molar-refractivity contribution in [3.05, 3.63) is 59.7 Å². The van der Waals surface area contributed by atoms with E-state index in [9.17, 15) is 9.59 Å². The lowest BCUT2D eigenvalue weighted by atomic mass is 10.2. The van der Waals surface area contributed by atoms with E-state index in [-0.39, 0.29) is 23.3 Å². The molecule has 0 heterocycles. The number of carbonyl (C=O) groups is 2. The second-order valence-corrected chi connectivity index (χ2v) is 6.26. The summed E-state index contributed by atoms with van der Waals surface area (Å²) in [5.74, 6) is 0.278. The molecule has 0 radical (unpaired) electrons. The number of anilines is 2. The average molecular weight is 328 g/mol. The summed E-state index contributed by atoms with van der Waals surface area (Å²) >= 11 is 1.29. The topological polar surface area (TPSA) is 58.2 Å². The Morgan fingerprint density at radius 1 is 0.870 bits per heavy atom. The zero-order chi connectivity index (χ0) is 16.7. The summed E-state index contributed by atoms with van der Waals surface area (Å²) < 4.78 is 0. The van der Waals surface area contributed by atoms with Crippen molar-refractivity contribution in [2.75, 3.05) is 22.1 Å². The van der Waals surface area contributed by atoms with E-state index < -0.39 is 0 Å². The van der Waals surface area contributed by atoms with Crippen LogP contribution in [0, 0.1) is 13.8 Å². The fourth-order valence-corrected chi connectivity index (χ4v) is 2.59. The molecule has 2 rings (SSSR count). The van der Waals surface area contributed by atoms with E-state index in [2.05, 4.69) is 10.6 Å². The van der Waals surface area contributed by atoms with Crippen molar-refractivity contribution in [1.29, 1.82) is 0 Å². The van der Waals surface area contributed by atoms with E-state index in [0.29, 0.717) is 0 Å². The van der Waals surface area contributed by atoms with Crippen molar-refractivity contribution >= 4 is 35.0 Å². The third kappa shape index (κ3) is 5.79. The molecule has 0 atom stereocenters. The molecule has 0 aliphatic carbocycles. The van der Waals surface area contributed by atoms with Gasteiger partial charge < -0.3 is 10.6 Å². The minimum absolute atomic E-state index is 0.104. The zero-order valence-corrected chi connectivity index (χ0v) is 14.1. The number of aryl methyl sites for hydroxylation is 2. The molecule has 0 spiro atoms. The molecule has 0 bridgehead atoms. The van der Waals surface area contributed by atoms with Crippen molar-refractivity contribution in [2.45, 2.75) is 13.8 Å². The van der Waals surface area contributed by atoms with Crippen LogP contribution in [0.2, 0.25) is 0 Å². The Labute approximate surface area is 140 Å². The first kappa shape index (κ1) is 17.1. The van der Waals surface area contributed by atoms with E-state index in [4.69, 9.17) is 0 Å². The monoisotopic (exact) mass is 328 g/mol.